The molecule has 0 aliphatic carbocycles. The van der Waals surface area contributed by atoms with Crippen molar-refractivity contribution in [1.82, 2.24) is 4.90 Å². The van der Waals surface area contributed by atoms with Crippen LogP contribution in [0.2, 0.25) is 0 Å². The zero-order valence-electron chi connectivity index (χ0n) is 31.8. The molecule has 0 saturated carbocycles. The first-order valence-corrected chi connectivity index (χ1v) is 17.9. The van der Waals surface area contributed by atoms with Gasteiger partial charge in [0, 0.05) is 26.3 Å². The Morgan fingerprint density at radius 3 is 1.78 bits per heavy atom. The summed E-state index contributed by atoms with van der Waals surface area (Å²) in [5.74, 6) is 2.05. The molecule has 12 heteroatoms. The molecule has 1 atom stereocenters. The molecule has 0 saturated heterocycles. The van der Waals surface area contributed by atoms with E-state index in [1.807, 2.05) is 30.3 Å². The van der Waals surface area contributed by atoms with E-state index in [0.717, 1.165) is 37.1 Å². The molecular formula is C39H62N2O10. The van der Waals surface area contributed by atoms with Crippen molar-refractivity contribution in [2.75, 3.05) is 121 Å². The van der Waals surface area contributed by atoms with Crippen molar-refractivity contribution in [1.29, 1.82) is 5.26 Å². The first-order valence-electron chi connectivity index (χ1n) is 17.9. The summed E-state index contributed by atoms with van der Waals surface area (Å²) in [6.45, 7) is 11.5. The molecule has 0 spiro atoms. The van der Waals surface area contributed by atoms with Crippen LogP contribution in [0.25, 0.3) is 0 Å². The Hall–Kier alpha value is -2.99. The standard InChI is InChI=1S/C39H62N2O10/c1-32(2)39(31-40,35-9-11-36(34(29-35)30-42)50-26-24-48-22-20-46-18-16-43-4)13-7-14-41(3)15-12-33-8-10-37(38(28-33)45-6)51-27-25-49-23-21-47-19-17-44-5/h8-11,28-29,32,42H,7,12-27,30H2,1-6H3. The van der Waals surface area contributed by atoms with Gasteiger partial charge in [-0.2, -0.15) is 5.26 Å². The van der Waals surface area contributed by atoms with Gasteiger partial charge in [-0.1, -0.05) is 26.0 Å². The van der Waals surface area contributed by atoms with Crippen LogP contribution >= 0.6 is 0 Å². The molecule has 0 aliphatic rings. The Kier molecular flexibility index (Phi) is 23.2. The summed E-state index contributed by atoms with van der Waals surface area (Å²) in [6.07, 6.45) is 2.39. The molecule has 0 bridgehead atoms. The second kappa shape index (κ2) is 26.7. The summed E-state index contributed by atoms with van der Waals surface area (Å²) in [6, 6.07) is 14.4. The molecule has 51 heavy (non-hydrogen) atoms. The number of hydrogen-bond donors (Lipinski definition) is 1. The van der Waals surface area contributed by atoms with E-state index in [1.165, 1.54) is 0 Å². The van der Waals surface area contributed by atoms with Crippen molar-refractivity contribution in [2.24, 2.45) is 5.92 Å². The minimum Gasteiger partial charge on any atom is -0.493 e. The number of nitriles is 1. The summed E-state index contributed by atoms with van der Waals surface area (Å²) < 4.78 is 49.2. The lowest BCUT2D eigenvalue weighted by molar-refractivity contribution is 0.0178. The van der Waals surface area contributed by atoms with Gasteiger partial charge in [0.15, 0.2) is 11.5 Å². The van der Waals surface area contributed by atoms with Gasteiger partial charge in [-0.15, -0.1) is 0 Å². The van der Waals surface area contributed by atoms with Crippen molar-refractivity contribution in [2.45, 2.75) is 45.1 Å². The van der Waals surface area contributed by atoms with Crippen LogP contribution in [0.5, 0.6) is 17.2 Å². The zero-order chi connectivity index (χ0) is 37.2. The third kappa shape index (κ3) is 16.5. The van der Waals surface area contributed by atoms with E-state index in [-0.39, 0.29) is 12.5 Å². The number of methoxy groups -OCH3 is 3. The molecule has 1 unspecified atom stereocenters. The van der Waals surface area contributed by atoms with Crippen molar-refractivity contribution in [3.05, 3.63) is 53.1 Å². The molecule has 12 nitrogen and oxygen atoms in total. The average molecular weight is 719 g/mol. The fourth-order valence-corrected chi connectivity index (χ4v) is 5.53. The molecule has 0 fully saturated rings. The molecule has 0 radical (unpaired) electrons. The third-order valence-corrected chi connectivity index (χ3v) is 8.63. The number of hydrogen-bond acceptors (Lipinski definition) is 12. The van der Waals surface area contributed by atoms with E-state index in [2.05, 4.69) is 37.9 Å². The molecule has 2 rings (SSSR count). The van der Waals surface area contributed by atoms with E-state index in [9.17, 15) is 10.4 Å². The van der Waals surface area contributed by atoms with E-state index >= 15 is 0 Å². The van der Waals surface area contributed by atoms with Crippen LogP contribution in [-0.2, 0) is 46.9 Å². The van der Waals surface area contributed by atoms with Crippen LogP contribution in [0.1, 0.15) is 43.4 Å². The Morgan fingerprint density at radius 2 is 1.25 bits per heavy atom. The van der Waals surface area contributed by atoms with Crippen LogP contribution in [-0.4, -0.2) is 131 Å². The highest BCUT2D eigenvalue weighted by molar-refractivity contribution is 5.44. The van der Waals surface area contributed by atoms with Gasteiger partial charge in [0.1, 0.15) is 19.0 Å². The van der Waals surface area contributed by atoms with E-state index in [4.69, 9.17) is 42.6 Å². The topological polar surface area (TPSA) is 130 Å². The highest BCUT2D eigenvalue weighted by atomic mass is 16.6. The second-order valence-corrected chi connectivity index (χ2v) is 12.5. The Labute approximate surface area is 305 Å². The Morgan fingerprint density at radius 1 is 0.706 bits per heavy atom. The van der Waals surface area contributed by atoms with Gasteiger partial charge in [0.05, 0.1) is 91.3 Å². The van der Waals surface area contributed by atoms with Crippen LogP contribution in [0, 0.1) is 17.2 Å². The predicted molar refractivity (Wildman–Crippen MR) is 196 cm³/mol. The lowest BCUT2D eigenvalue weighted by Crippen LogP contribution is -2.32. The molecule has 2 aromatic carbocycles. The molecule has 0 heterocycles. The molecule has 1 N–H and O–H groups in total. The summed E-state index contributed by atoms with van der Waals surface area (Å²) in [5.41, 5.74) is 2.02. The van der Waals surface area contributed by atoms with Crippen molar-refractivity contribution >= 4 is 0 Å². The smallest absolute Gasteiger partial charge is 0.161 e. The Bertz CT molecular complexity index is 1240. The van der Waals surface area contributed by atoms with Crippen LogP contribution in [0.15, 0.2) is 36.4 Å². The average Bonchev–Trinajstić information content (AvgIpc) is 3.14. The van der Waals surface area contributed by atoms with Gasteiger partial charge in [-0.05, 0) is 74.2 Å². The summed E-state index contributed by atoms with van der Waals surface area (Å²) in [5, 5.41) is 20.7. The molecular weight excluding hydrogens is 656 g/mol. The summed E-state index contributed by atoms with van der Waals surface area (Å²) >= 11 is 0. The highest BCUT2D eigenvalue weighted by Gasteiger charge is 2.36. The maximum absolute atomic E-state index is 10.5. The van der Waals surface area contributed by atoms with Gasteiger partial charge < -0.3 is 52.6 Å². The number of benzene rings is 2. The van der Waals surface area contributed by atoms with Gasteiger partial charge in [0.2, 0.25) is 0 Å². The minimum atomic E-state index is -0.693. The highest BCUT2D eigenvalue weighted by Crippen LogP contribution is 2.38. The molecule has 288 valence electrons. The SMILES string of the molecule is COCCOCCOCCOc1ccc(C(C#N)(CCCN(C)CCc2ccc(OCCOCCOCCOC)c(OC)c2)C(C)C)cc1CO. The largest absolute Gasteiger partial charge is 0.493 e. The zero-order valence-corrected chi connectivity index (χ0v) is 31.8. The summed E-state index contributed by atoms with van der Waals surface area (Å²) in [7, 11) is 7.03. The molecule has 2 aromatic rings. The Balaban J connectivity index is 1.83. The first kappa shape index (κ1) is 44.2. The molecule has 0 aromatic heterocycles. The number of aliphatic hydroxyl groups excluding tert-OH is 1. The monoisotopic (exact) mass is 718 g/mol. The number of nitrogens with zero attached hydrogens (tertiary/aromatic N) is 2. The second-order valence-electron chi connectivity index (χ2n) is 12.5. The van der Waals surface area contributed by atoms with E-state index < -0.39 is 5.41 Å². The maximum atomic E-state index is 10.5. The normalized spacial score (nSPS) is 12.6. The van der Waals surface area contributed by atoms with E-state index in [0.29, 0.717) is 109 Å². The van der Waals surface area contributed by atoms with Gasteiger partial charge in [-0.3, -0.25) is 0 Å². The number of likely N-dealkylation sites (N-methyl/N-ethyl adjacent to an activating group) is 1. The van der Waals surface area contributed by atoms with Crippen molar-refractivity contribution in [3.63, 3.8) is 0 Å². The number of aliphatic hydroxyl groups is 1. The quantitative estimate of drug-likeness (QED) is 0.109. The number of rotatable bonds is 31. The van der Waals surface area contributed by atoms with Gasteiger partial charge in [0.25, 0.3) is 0 Å². The van der Waals surface area contributed by atoms with Crippen molar-refractivity contribution < 1.29 is 47.7 Å². The third-order valence-electron chi connectivity index (χ3n) is 8.63. The summed E-state index contributed by atoms with van der Waals surface area (Å²) in [4.78, 5) is 2.29. The fraction of sp³-hybridized carbons (Fsp3) is 0.667. The van der Waals surface area contributed by atoms with Gasteiger partial charge in [-0.25, -0.2) is 0 Å². The minimum absolute atomic E-state index is 0.0745. The predicted octanol–water partition coefficient (Wildman–Crippen LogP) is 4.68. The molecule has 0 amide bonds. The molecule has 0 aliphatic heterocycles. The maximum Gasteiger partial charge on any atom is 0.161 e. The first-order chi connectivity index (χ1) is 24.8. The fourth-order valence-electron chi connectivity index (χ4n) is 5.53. The van der Waals surface area contributed by atoms with Gasteiger partial charge >= 0.3 is 0 Å². The lowest BCUT2D eigenvalue weighted by atomic mass is 9.69. The van der Waals surface area contributed by atoms with Crippen LogP contribution in [0.4, 0.5) is 0 Å². The number of ether oxygens (including phenoxy) is 9. The van der Waals surface area contributed by atoms with E-state index in [1.54, 1.807) is 21.3 Å². The lowest BCUT2D eigenvalue weighted by Gasteiger charge is -2.32. The van der Waals surface area contributed by atoms with Crippen LogP contribution < -0.4 is 14.2 Å². The van der Waals surface area contributed by atoms with Crippen LogP contribution in [0.3, 0.4) is 0 Å². The van der Waals surface area contributed by atoms with Crippen molar-refractivity contribution in [3.8, 4) is 23.3 Å².